The van der Waals surface area contributed by atoms with Crippen LogP contribution in [0.3, 0.4) is 0 Å². The smallest absolute Gasteiger partial charge is 0.235 e. The third-order valence-electron chi connectivity index (χ3n) is 1.84. The molecule has 0 fully saturated rings. The lowest BCUT2D eigenvalue weighted by molar-refractivity contribution is 0.171. The first kappa shape index (κ1) is 8.59. The minimum atomic E-state index is -0.00361. The minimum absolute atomic E-state index is 0.00361. The number of carbonyl (C=O) groups excluding carboxylic acids is 1. The van der Waals surface area contributed by atoms with E-state index in [1.807, 2.05) is 0 Å². The second-order valence-electron chi connectivity index (χ2n) is 2.76. The lowest BCUT2D eigenvalue weighted by Crippen LogP contribution is -1.93. The maximum absolute atomic E-state index is 9.89. The molecule has 0 amide bonds. The number of nitrogens with zero attached hydrogens (tertiary/aromatic N) is 1. The van der Waals surface area contributed by atoms with Crippen molar-refractivity contribution in [1.29, 1.82) is 0 Å². The quantitative estimate of drug-likeness (QED) is 0.561. The Morgan fingerprint density at radius 2 is 2.36 bits per heavy atom. The molecule has 0 aliphatic carbocycles. The van der Waals surface area contributed by atoms with Crippen molar-refractivity contribution in [3.05, 3.63) is 17.7 Å². The van der Waals surface area contributed by atoms with Gasteiger partial charge in [-0.2, -0.15) is 0 Å². The van der Waals surface area contributed by atoms with Gasteiger partial charge in [0.1, 0.15) is 0 Å². The van der Waals surface area contributed by atoms with Crippen LogP contribution in [0, 0.1) is 0 Å². The fourth-order valence-corrected chi connectivity index (χ4v) is 1.26. The molecule has 0 saturated heterocycles. The molecule has 1 heterocycles. The summed E-state index contributed by atoms with van der Waals surface area (Å²) in [5.41, 5.74) is 0.676. The van der Waals surface area contributed by atoms with Gasteiger partial charge in [-0.3, -0.25) is 0 Å². The number of phenolic OH excluding ortho intramolecular Hbond substituents is 1. The van der Waals surface area contributed by atoms with Gasteiger partial charge in [0.05, 0.1) is 6.54 Å². The van der Waals surface area contributed by atoms with Gasteiger partial charge in [0.2, 0.25) is 18.6 Å². The first-order chi connectivity index (χ1) is 6.81. The van der Waals surface area contributed by atoms with Crippen LogP contribution in [0.1, 0.15) is 5.56 Å². The number of fused-ring (bicyclic) bond motifs is 1. The number of aromatic hydroxyl groups is 1. The van der Waals surface area contributed by atoms with Crippen molar-refractivity contribution in [3.63, 3.8) is 0 Å². The van der Waals surface area contributed by atoms with E-state index >= 15 is 0 Å². The van der Waals surface area contributed by atoms with E-state index in [9.17, 15) is 9.90 Å². The number of benzene rings is 1. The zero-order valence-electron chi connectivity index (χ0n) is 7.19. The average molecular weight is 193 g/mol. The molecule has 5 heteroatoms. The Bertz CT molecular complexity index is 410. The Morgan fingerprint density at radius 3 is 3.14 bits per heavy atom. The lowest BCUT2D eigenvalue weighted by atomic mass is 10.2. The second-order valence-corrected chi connectivity index (χ2v) is 2.76. The molecule has 5 nitrogen and oxygen atoms in total. The minimum Gasteiger partial charge on any atom is -0.504 e. The number of hydrogen-bond donors (Lipinski definition) is 1. The number of rotatable bonds is 2. The van der Waals surface area contributed by atoms with Crippen LogP contribution in [0.4, 0.5) is 0 Å². The lowest BCUT2D eigenvalue weighted by Gasteiger charge is -2.01. The first-order valence-corrected chi connectivity index (χ1v) is 3.96. The molecule has 1 aliphatic rings. The van der Waals surface area contributed by atoms with Crippen LogP contribution < -0.4 is 9.47 Å². The summed E-state index contributed by atoms with van der Waals surface area (Å²) >= 11 is 0. The third-order valence-corrected chi connectivity index (χ3v) is 1.84. The highest BCUT2D eigenvalue weighted by atomic mass is 16.7. The summed E-state index contributed by atoms with van der Waals surface area (Å²) in [4.78, 5) is 13.3. The van der Waals surface area contributed by atoms with Crippen molar-refractivity contribution in [2.24, 2.45) is 4.99 Å². The van der Waals surface area contributed by atoms with Gasteiger partial charge in [-0.05, 0) is 17.7 Å². The van der Waals surface area contributed by atoms with E-state index in [0.29, 0.717) is 17.1 Å². The molecule has 1 aliphatic heterocycles. The summed E-state index contributed by atoms with van der Waals surface area (Å²) in [5.74, 6) is 0.807. The van der Waals surface area contributed by atoms with Gasteiger partial charge in [0.25, 0.3) is 0 Å². The molecule has 0 bridgehead atoms. The number of phenols is 1. The summed E-state index contributed by atoms with van der Waals surface area (Å²) in [6, 6.07) is 3.15. The number of isocyanates is 1. The van der Waals surface area contributed by atoms with Gasteiger partial charge in [-0.1, -0.05) is 0 Å². The highest BCUT2D eigenvalue weighted by Gasteiger charge is 2.18. The normalized spacial score (nSPS) is 12.3. The molecule has 1 N–H and O–H groups in total. The van der Waals surface area contributed by atoms with Crippen molar-refractivity contribution < 1.29 is 19.4 Å². The summed E-state index contributed by atoms with van der Waals surface area (Å²) < 4.78 is 10.1. The molecule has 2 rings (SSSR count). The number of aliphatic imine (C=N–C) groups is 1. The molecule has 0 spiro atoms. The predicted octanol–water partition coefficient (Wildman–Crippen LogP) is 0.957. The van der Waals surface area contributed by atoms with Crippen LogP contribution in [0.5, 0.6) is 17.2 Å². The van der Waals surface area contributed by atoms with Gasteiger partial charge in [0, 0.05) is 0 Å². The molecular formula is C9H7NO4. The largest absolute Gasteiger partial charge is 0.504 e. The summed E-state index contributed by atoms with van der Waals surface area (Å²) in [6.07, 6.45) is 1.42. The Morgan fingerprint density at radius 1 is 1.50 bits per heavy atom. The van der Waals surface area contributed by atoms with E-state index in [2.05, 4.69) is 4.99 Å². The van der Waals surface area contributed by atoms with E-state index in [-0.39, 0.29) is 19.1 Å². The molecule has 0 unspecified atom stereocenters. The Hall–Kier alpha value is -2.00. The molecule has 0 atom stereocenters. The van der Waals surface area contributed by atoms with Crippen molar-refractivity contribution in [3.8, 4) is 17.2 Å². The Kier molecular flexibility index (Phi) is 2.08. The van der Waals surface area contributed by atoms with Gasteiger partial charge < -0.3 is 14.6 Å². The van der Waals surface area contributed by atoms with E-state index in [0.717, 1.165) is 0 Å². The van der Waals surface area contributed by atoms with Crippen LogP contribution >= 0.6 is 0 Å². The SMILES string of the molecule is O=C=NCc1cc(O)c2c(c1)OCO2. The highest BCUT2D eigenvalue weighted by molar-refractivity contribution is 5.54. The van der Waals surface area contributed by atoms with E-state index in [1.165, 1.54) is 12.1 Å². The Balaban J connectivity index is 2.36. The molecular weight excluding hydrogens is 186 g/mol. The van der Waals surface area contributed by atoms with E-state index in [1.54, 1.807) is 6.07 Å². The van der Waals surface area contributed by atoms with Crippen LogP contribution in [0.25, 0.3) is 0 Å². The third kappa shape index (κ3) is 1.41. The standard InChI is InChI=1S/C9H7NO4/c11-4-10-3-6-1-7(12)9-8(2-6)13-5-14-9/h1-2,12H,3,5H2. The summed E-state index contributed by atoms with van der Waals surface area (Å²) in [7, 11) is 0. The maximum atomic E-state index is 9.89. The molecule has 14 heavy (non-hydrogen) atoms. The van der Waals surface area contributed by atoms with Crippen LogP contribution in [0.2, 0.25) is 0 Å². The number of hydrogen-bond acceptors (Lipinski definition) is 5. The van der Waals surface area contributed by atoms with Crippen LogP contribution in [-0.2, 0) is 11.3 Å². The van der Waals surface area contributed by atoms with E-state index < -0.39 is 0 Å². The molecule has 0 radical (unpaired) electrons. The highest BCUT2D eigenvalue weighted by Crippen LogP contribution is 2.41. The average Bonchev–Trinajstić information content (AvgIpc) is 2.63. The summed E-state index contributed by atoms with van der Waals surface area (Å²) in [6.45, 7) is 0.275. The fourth-order valence-electron chi connectivity index (χ4n) is 1.26. The number of ether oxygens (including phenoxy) is 2. The van der Waals surface area contributed by atoms with Crippen molar-refractivity contribution >= 4 is 6.08 Å². The summed E-state index contributed by atoms with van der Waals surface area (Å²) in [5, 5.41) is 9.47. The van der Waals surface area contributed by atoms with E-state index in [4.69, 9.17) is 9.47 Å². The monoisotopic (exact) mass is 193 g/mol. The second kappa shape index (κ2) is 3.40. The molecule has 1 aromatic rings. The molecule has 72 valence electrons. The van der Waals surface area contributed by atoms with Gasteiger partial charge >= 0.3 is 0 Å². The van der Waals surface area contributed by atoms with Crippen LogP contribution in [0.15, 0.2) is 17.1 Å². The molecule has 1 aromatic carbocycles. The van der Waals surface area contributed by atoms with Crippen LogP contribution in [-0.4, -0.2) is 18.0 Å². The zero-order chi connectivity index (χ0) is 9.97. The van der Waals surface area contributed by atoms with Gasteiger partial charge in [-0.25, -0.2) is 9.79 Å². The van der Waals surface area contributed by atoms with Gasteiger partial charge in [-0.15, -0.1) is 0 Å². The van der Waals surface area contributed by atoms with Crippen molar-refractivity contribution in [2.75, 3.05) is 6.79 Å². The van der Waals surface area contributed by atoms with Crippen molar-refractivity contribution in [1.82, 2.24) is 0 Å². The topological polar surface area (TPSA) is 68.1 Å². The fraction of sp³-hybridized carbons (Fsp3) is 0.222. The Labute approximate surface area is 79.6 Å². The first-order valence-electron chi connectivity index (χ1n) is 3.96. The van der Waals surface area contributed by atoms with Gasteiger partial charge in [0.15, 0.2) is 11.5 Å². The zero-order valence-corrected chi connectivity index (χ0v) is 7.19. The maximum Gasteiger partial charge on any atom is 0.235 e. The molecule has 0 aromatic heterocycles. The predicted molar refractivity (Wildman–Crippen MR) is 46.1 cm³/mol. The van der Waals surface area contributed by atoms with Crippen molar-refractivity contribution in [2.45, 2.75) is 6.54 Å². The molecule has 0 saturated carbocycles.